The maximum Gasteiger partial charge on any atom is 0.169 e. The van der Waals surface area contributed by atoms with E-state index in [4.69, 9.17) is 9.47 Å². The number of H-pyrrole nitrogens is 1. The second-order valence-corrected chi connectivity index (χ2v) is 7.47. The largest absolute Gasteiger partial charge is 0.458 e. The number of rotatable bonds is 5. The van der Waals surface area contributed by atoms with Gasteiger partial charge in [0.2, 0.25) is 0 Å². The summed E-state index contributed by atoms with van der Waals surface area (Å²) in [6.07, 6.45) is 8.79. The van der Waals surface area contributed by atoms with Gasteiger partial charge in [-0.2, -0.15) is 0 Å². The summed E-state index contributed by atoms with van der Waals surface area (Å²) >= 11 is 0. The predicted octanol–water partition coefficient (Wildman–Crippen LogP) is 4.47. The summed E-state index contributed by atoms with van der Waals surface area (Å²) in [6.45, 7) is 2.89. The van der Waals surface area contributed by atoms with Gasteiger partial charge in [-0.1, -0.05) is 12.1 Å². The number of ether oxygens (including phenoxy) is 2. The molecule has 1 unspecified atom stereocenters. The van der Waals surface area contributed by atoms with E-state index in [0.717, 1.165) is 42.4 Å². The molecule has 2 aromatic carbocycles. The van der Waals surface area contributed by atoms with Crippen LogP contribution in [0.4, 0.5) is 0 Å². The van der Waals surface area contributed by atoms with Crippen LogP contribution in [0, 0.1) is 0 Å². The maximum absolute atomic E-state index is 12.7. The normalized spacial score (nSPS) is 18.6. The lowest BCUT2D eigenvalue weighted by Gasteiger charge is -2.16. The Kier molecular flexibility index (Phi) is 4.37. The van der Waals surface area contributed by atoms with Crippen molar-refractivity contribution in [1.29, 1.82) is 0 Å². The Bertz CT molecular complexity index is 1040. The van der Waals surface area contributed by atoms with Crippen molar-refractivity contribution < 1.29 is 14.3 Å². The van der Waals surface area contributed by atoms with Gasteiger partial charge in [0.25, 0.3) is 0 Å². The van der Waals surface area contributed by atoms with Crippen molar-refractivity contribution in [3.63, 3.8) is 0 Å². The maximum atomic E-state index is 12.7. The second kappa shape index (κ2) is 7.17. The molecule has 1 saturated heterocycles. The van der Waals surface area contributed by atoms with Gasteiger partial charge in [-0.3, -0.25) is 4.79 Å². The fourth-order valence-electron chi connectivity index (χ4n) is 4.12. The number of hydrogen-bond donors (Lipinski definition) is 1. The van der Waals surface area contributed by atoms with Crippen molar-refractivity contribution in [3.05, 3.63) is 72.4 Å². The van der Waals surface area contributed by atoms with E-state index in [1.807, 2.05) is 36.5 Å². The van der Waals surface area contributed by atoms with Gasteiger partial charge in [-0.05, 0) is 59.5 Å². The Labute approximate surface area is 163 Å². The van der Waals surface area contributed by atoms with Gasteiger partial charge in [0, 0.05) is 37.5 Å². The van der Waals surface area contributed by atoms with Crippen LogP contribution in [0.5, 0.6) is 11.5 Å². The lowest BCUT2D eigenvalue weighted by molar-refractivity contribution is 0.0969. The summed E-state index contributed by atoms with van der Waals surface area (Å²) in [4.78, 5) is 18.3. The Morgan fingerprint density at radius 3 is 2.68 bits per heavy atom. The molecule has 28 heavy (non-hydrogen) atoms. The highest BCUT2D eigenvalue weighted by Crippen LogP contribution is 2.35. The van der Waals surface area contributed by atoms with Crippen molar-refractivity contribution in [3.8, 4) is 11.5 Å². The van der Waals surface area contributed by atoms with Gasteiger partial charge in [0.05, 0.1) is 0 Å². The van der Waals surface area contributed by atoms with Crippen molar-refractivity contribution in [2.45, 2.75) is 18.8 Å². The number of nitrogens with one attached hydrogen (secondary N) is 1. The van der Waals surface area contributed by atoms with E-state index in [1.54, 1.807) is 0 Å². The Balaban J connectivity index is 1.25. The van der Waals surface area contributed by atoms with Crippen LogP contribution in [0.15, 0.2) is 61.3 Å². The van der Waals surface area contributed by atoms with Gasteiger partial charge in [0.1, 0.15) is 12.5 Å². The van der Waals surface area contributed by atoms with Crippen molar-refractivity contribution in [1.82, 2.24) is 9.88 Å². The number of ketones is 1. The van der Waals surface area contributed by atoms with Crippen LogP contribution in [0.3, 0.4) is 0 Å². The van der Waals surface area contributed by atoms with Gasteiger partial charge in [-0.25, -0.2) is 0 Å². The van der Waals surface area contributed by atoms with E-state index >= 15 is 0 Å². The van der Waals surface area contributed by atoms with Gasteiger partial charge >= 0.3 is 0 Å². The van der Waals surface area contributed by atoms with Crippen molar-refractivity contribution >= 4 is 16.6 Å². The molecular formula is C23H22N2O3. The minimum Gasteiger partial charge on any atom is -0.458 e. The summed E-state index contributed by atoms with van der Waals surface area (Å²) in [7, 11) is 0. The number of carbonyl (C=O) groups is 1. The van der Waals surface area contributed by atoms with Gasteiger partial charge in [0.15, 0.2) is 17.3 Å². The zero-order valence-electron chi connectivity index (χ0n) is 15.6. The van der Waals surface area contributed by atoms with Crippen LogP contribution in [-0.2, 0) is 0 Å². The molecule has 5 heteroatoms. The number of likely N-dealkylation sites (tertiary alicyclic amines) is 1. The SMILES string of the molecule is O=C(CCN1CCC(c2cc[nH]c2)C1)c1ccc2cc3c(cc2c1)OC=CO3. The number of aromatic amines is 1. The molecule has 3 heterocycles. The fraction of sp³-hybridized carbons (Fsp3) is 0.261. The lowest BCUT2D eigenvalue weighted by Crippen LogP contribution is -2.23. The first-order valence-corrected chi connectivity index (χ1v) is 9.71. The smallest absolute Gasteiger partial charge is 0.169 e. The Morgan fingerprint density at radius 2 is 1.89 bits per heavy atom. The molecule has 2 aliphatic heterocycles. The molecule has 0 saturated carbocycles. The monoisotopic (exact) mass is 374 g/mol. The minimum absolute atomic E-state index is 0.182. The van der Waals surface area contributed by atoms with E-state index in [2.05, 4.69) is 22.1 Å². The lowest BCUT2D eigenvalue weighted by atomic mass is 10.0. The molecule has 2 aliphatic rings. The van der Waals surface area contributed by atoms with Crippen LogP contribution >= 0.6 is 0 Å². The zero-order chi connectivity index (χ0) is 18.9. The molecule has 5 rings (SSSR count). The van der Waals surface area contributed by atoms with Gasteiger partial charge in [-0.15, -0.1) is 0 Å². The molecular weight excluding hydrogens is 352 g/mol. The van der Waals surface area contributed by atoms with Crippen molar-refractivity contribution in [2.24, 2.45) is 0 Å². The van der Waals surface area contributed by atoms with E-state index in [9.17, 15) is 4.79 Å². The molecule has 0 aliphatic carbocycles. The van der Waals surface area contributed by atoms with E-state index in [0.29, 0.717) is 23.8 Å². The average molecular weight is 374 g/mol. The molecule has 142 valence electrons. The third-order valence-corrected chi connectivity index (χ3v) is 5.69. The van der Waals surface area contributed by atoms with Crippen LogP contribution in [0.25, 0.3) is 10.8 Å². The number of carbonyl (C=O) groups excluding carboxylic acids is 1. The molecule has 1 atom stereocenters. The summed E-state index contributed by atoms with van der Waals surface area (Å²) in [5.74, 6) is 2.12. The molecule has 1 aromatic heterocycles. The Morgan fingerprint density at radius 1 is 1.07 bits per heavy atom. The highest BCUT2D eigenvalue weighted by molar-refractivity contribution is 6.00. The zero-order valence-corrected chi connectivity index (χ0v) is 15.6. The van der Waals surface area contributed by atoms with Crippen LogP contribution in [0.1, 0.15) is 34.7 Å². The first-order chi connectivity index (χ1) is 13.8. The van der Waals surface area contributed by atoms with E-state index in [-0.39, 0.29) is 5.78 Å². The number of hydrogen-bond acceptors (Lipinski definition) is 4. The molecule has 5 nitrogen and oxygen atoms in total. The second-order valence-electron chi connectivity index (χ2n) is 7.47. The summed E-state index contributed by atoms with van der Waals surface area (Å²) < 4.78 is 10.9. The predicted molar refractivity (Wildman–Crippen MR) is 108 cm³/mol. The van der Waals surface area contributed by atoms with Crippen molar-refractivity contribution in [2.75, 3.05) is 19.6 Å². The van der Waals surface area contributed by atoms with Gasteiger partial charge < -0.3 is 19.4 Å². The summed E-state index contributed by atoms with van der Waals surface area (Å²) in [5.41, 5.74) is 2.12. The fourth-order valence-corrected chi connectivity index (χ4v) is 4.12. The average Bonchev–Trinajstić information content (AvgIpc) is 3.41. The number of nitrogens with zero attached hydrogens (tertiary/aromatic N) is 1. The summed E-state index contributed by atoms with van der Waals surface area (Å²) in [5, 5.41) is 2.01. The Hall–Kier alpha value is -3.05. The number of Topliss-reactive ketones (excluding diaryl/α,β-unsaturated/α-hetero) is 1. The standard InChI is InChI=1S/C23H22N2O3/c26-21(5-8-25-7-4-19(15-25)18-3-6-24-14-18)17-2-1-16-12-22-23(13-20(16)11-17)28-10-9-27-22/h1-3,6,9-14,19,24H,4-5,7-8,15H2. The van der Waals surface area contributed by atoms with Crippen LogP contribution in [-0.4, -0.2) is 35.3 Å². The highest BCUT2D eigenvalue weighted by Gasteiger charge is 2.24. The molecule has 0 spiro atoms. The minimum atomic E-state index is 0.182. The quantitative estimate of drug-likeness (QED) is 0.670. The highest BCUT2D eigenvalue weighted by atomic mass is 16.5. The molecule has 1 N–H and O–H groups in total. The number of aromatic nitrogens is 1. The third-order valence-electron chi connectivity index (χ3n) is 5.69. The number of benzene rings is 2. The van der Waals surface area contributed by atoms with Crippen LogP contribution < -0.4 is 9.47 Å². The molecule has 3 aromatic rings. The van der Waals surface area contributed by atoms with E-state index in [1.165, 1.54) is 18.1 Å². The third kappa shape index (κ3) is 3.29. The number of fused-ring (bicyclic) bond motifs is 2. The first kappa shape index (κ1) is 17.1. The topological polar surface area (TPSA) is 54.6 Å². The summed E-state index contributed by atoms with van der Waals surface area (Å²) in [6, 6.07) is 11.8. The molecule has 0 radical (unpaired) electrons. The first-order valence-electron chi connectivity index (χ1n) is 9.71. The van der Waals surface area contributed by atoms with Crippen LogP contribution in [0.2, 0.25) is 0 Å². The van der Waals surface area contributed by atoms with E-state index < -0.39 is 0 Å². The molecule has 1 fully saturated rings. The molecule has 0 amide bonds. The molecule has 0 bridgehead atoms.